The maximum atomic E-state index is 6.55. The highest BCUT2D eigenvalue weighted by molar-refractivity contribution is 5.40. The molecule has 0 heterocycles. The molecule has 0 saturated carbocycles. The van der Waals surface area contributed by atoms with Crippen LogP contribution in [0.15, 0.2) is 30.3 Å². The molecular weight excluding hydrogens is 318 g/mol. The Kier molecular flexibility index (Phi) is 7.39. The number of hydrogen-bond donors (Lipinski definition) is 3. The van der Waals surface area contributed by atoms with Gasteiger partial charge in [-0.15, -0.1) is 0 Å². The molecule has 0 radical (unpaired) electrons. The van der Waals surface area contributed by atoms with Gasteiger partial charge < -0.3 is 16.8 Å². The highest BCUT2D eigenvalue weighted by Crippen LogP contribution is 2.24. The van der Waals surface area contributed by atoms with E-state index in [1.165, 1.54) is 38.9 Å². The SMILES string of the molecule is CCc1cccc(CC)c1C(N)CNCC(N)c1c(C)cc(C)cc1C. The van der Waals surface area contributed by atoms with Gasteiger partial charge in [-0.1, -0.05) is 49.7 Å². The summed E-state index contributed by atoms with van der Waals surface area (Å²) in [6, 6.07) is 10.9. The summed E-state index contributed by atoms with van der Waals surface area (Å²) in [6.07, 6.45) is 2.02. The van der Waals surface area contributed by atoms with E-state index in [9.17, 15) is 0 Å². The first-order valence-electron chi connectivity index (χ1n) is 9.79. The molecule has 26 heavy (non-hydrogen) atoms. The van der Waals surface area contributed by atoms with Crippen LogP contribution in [0.1, 0.15) is 64.9 Å². The van der Waals surface area contributed by atoms with Crippen molar-refractivity contribution >= 4 is 0 Å². The van der Waals surface area contributed by atoms with Crippen molar-refractivity contribution in [3.05, 3.63) is 69.3 Å². The summed E-state index contributed by atoms with van der Waals surface area (Å²) in [4.78, 5) is 0. The van der Waals surface area contributed by atoms with E-state index >= 15 is 0 Å². The smallest absolute Gasteiger partial charge is 0.0427 e. The normalized spacial score (nSPS) is 13.7. The fourth-order valence-electron chi connectivity index (χ4n) is 4.13. The maximum Gasteiger partial charge on any atom is 0.0427 e. The first-order valence-corrected chi connectivity index (χ1v) is 9.79. The quantitative estimate of drug-likeness (QED) is 0.671. The molecule has 3 heteroatoms. The van der Waals surface area contributed by atoms with Gasteiger partial charge in [0, 0.05) is 25.2 Å². The molecule has 2 atom stereocenters. The molecule has 3 nitrogen and oxygen atoms in total. The zero-order valence-electron chi connectivity index (χ0n) is 17.0. The second-order valence-electron chi connectivity index (χ2n) is 7.38. The van der Waals surface area contributed by atoms with Crippen LogP contribution in [0.4, 0.5) is 0 Å². The van der Waals surface area contributed by atoms with Crippen molar-refractivity contribution in [1.82, 2.24) is 5.32 Å². The summed E-state index contributed by atoms with van der Waals surface area (Å²) in [5.41, 5.74) is 22.1. The van der Waals surface area contributed by atoms with Crippen LogP contribution in [-0.4, -0.2) is 13.1 Å². The molecule has 2 rings (SSSR count). The average molecular weight is 354 g/mol. The Bertz CT molecular complexity index is 691. The molecule has 5 N–H and O–H groups in total. The second kappa shape index (κ2) is 9.31. The maximum absolute atomic E-state index is 6.55. The van der Waals surface area contributed by atoms with Crippen LogP contribution in [0.5, 0.6) is 0 Å². The topological polar surface area (TPSA) is 64.1 Å². The predicted molar refractivity (Wildman–Crippen MR) is 113 cm³/mol. The molecule has 2 unspecified atom stereocenters. The lowest BCUT2D eigenvalue weighted by Crippen LogP contribution is -2.34. The predicted octanol–water partition coefficient (Wildman–Crippen LogP) is 4.03. The highest BCUT2D eigenvalue weighted by Gasteiger charge is 2.16. The largest absolute Gasteiger partial charge is 0.323 e. The van der Waals surface area contributed by atoms with Crippen LogP contribution in [0, 0.1) is 20.8 Å². The van der Waals surface area contributed by atoms with Crippen LogP contribution in [-0.2, 0) is 12.8 Å². The molecule has 0 saturated heterocycles. The van der Waals surface area contributed by atoms with Gasteiger partial charge in [0.05, 0.1) is 0 Å². The third kappa shape index (κ3) is 4.73. The molecule has 142 valence electrons. The average Bonchev–Trinajstić information content (AvgIpc) is 2.59. The Hall–Kier alpha value is -1.68. The fourth-order valence-corrected chi connectivity index (χ4v) is 4.13. The van der Waals surface area contributed by atoms with Crippen molar-refractivity contribution in [2.45, 2.75) is 59.5 Å². The summed E-state index contributed by atoms with van der Waals surface area (Å²) in [6.45, 7) is 12.3. The van der Waals surface area contributed by atoms with E-state index in [2.05, 4.69) is 70.3 Å². The molecule has 0 aliphatic rings. The van der Waals surface area contributed by atoms with Crippen LogP contribution < -0.4 is 16.8 Å². The van der Waals surface area contributed by atoms with E-state index in [1.54, 1.807) is 0 Å². The van der Waals surface area contributed by atoms with Gasteiger partial charge in [0.15, 0.2) is 0 Å². The minimum Gasteiger partial charge on any atom is -0.323 e. The van der Waals surface area contributed by atoms with E-state index in [0.29, 0.717) is 0 Å². The van der Waals surface area contributed by atoms with Gasteiger partial charge in [0.25, 0.3) is 0 Å². The Morgan fingerprint density at radius 2 is 1.27 bits per heavy atom. The Morgan fingerprint density at radius 3 is 1.73 bits per heavy atom. The highest BCUT2D eigenvalue weighted by atomic mass is 14.9. The summed E-state index contributed by atoms with van der Waals surface area (Å²) < 4.78 is 0. The van der Waals surface area contributed by atoms with Crippen molar-refractivity contribution in [3.63, 3.8) is 0 Å². The number of nitrogens with one attached hydrogen (secondary N) is 1. The van der Waals surface area contributed by atoms with Crippen LogP contribution >= 0.6 is 0 Å². The number of hydrogen-bond acceptors (Lipinski definition) is 3. The second-order valence-corrected chi connectivity index (χ2v) is 7.38. The molecule has 0 aromatic heterocycles. The minimum atomic E-state index is -0.0186. The minimum absolute atomic E-state index is 0.00601. The Balaban J connectivity index is 2.04. The van der Waals surface area contributed by atoms with Crippen LogP contribution in [0.3, 0.4) is 0 Å². The molecule has 0 amide bonds. The molecule has 2 aromatic rings. The molecule has 0 aliphatic carbocycles. The van der Waals surface area contributed by atoms with Crippen LogP contribution in [0.25, 0.3) is 0 Å². The van der Waals surface area contributed by atoms with Crippen molar-refractivity contribution in [2.75, 3.05) is 13.1 Å². The van der Waals surface area contributed by atoms with Crippen molar-refractivity contribution in [1.29, 1.82) is 0 Å². The lowest BCUT2D eigenvalue weighted by molar-refractivity contribution is 0.547. The monoisotopic (exact) mass is 353 g/mol. The first kappa shape index (κ1) is 20.6. The van der Waals surface area contributed by atoms with Gasteiger partial charge >= 0.3 is 0 Å². The van der Waals surface area contributed by atoms with E-state index in [4.69, 9.17) is 11.5 Å². The van der Waals surface area contributed by atoms with Crippen molar-refractivity contribution in [2.24, 2.45) is 11.5 Å². The Morgan fingerprint density at radius 1 is 0.808 bits per heavy atom. The summed E-state index contributed by atoms with van der Waals surface area (Å²) in [5, 5.41) is 3.50. The summed E-state index contributed by atoms with van der Waals surface area (Å²) >= 11 is 0. The van der Waals surface area contributed by atoms with E-state index in [-0.39, 0.29) is 12.1 Å². The van der Waals surface area contributed by atoms with Gasteiger partial charge in [-0.05, 0) is 67.0 Å². The molecular formula is C23H35N3. The van der Waals surface area contributed by atoms with Gasteiger partial charge in [-0.25, -0.2) is 0 Å². The Labute approximate surface area is 159 Å². The molecule has 2 aromatic carbocycles. The molecule has 0 fully saturated rings. The fraction of sp³-hybridized carbons (Fsp3) is 0.478. The van der Waals surface area contributed by atoms with Crippen LogP contribution in [0.2, 0.25) is 0 Å². The van der Waals surface area contributed by atoms with Gasteiger partial charge in [-0.2, -0.15) is 0 Å². The molecule has 0 bridgehead atoms. The van der Waals surface area contributed by atoms with Crippen molar-refractivity contribution < 1.29 is 0 Å². The molecule has 0 aliphatic heterocycles. The standard InChI is InChI=1S/C23H35N3/c1-6-18-9-8-10-19(7-2)23(18)21(25)14-26-13-20(24)22-16(4)11-15(3)12-17(22)5/h8-12,20-21,26H,6-7,13-14,24-25H2,1-5H3. The number of aryl methyl sites for hydroxylation is 5. The van der Waals surface area contributed by atoms with E-state index in [0.717, 1.165) is 25.9 Å². The lowest BCUT2D eigenvalue weighted by Gasteiger charge is -2.23. The van der Waals surface area contributed by atoms with Crippen molar-refractivity contribution in [3.8, 4) is 0 Å². The zero-order chi connectivity index (χ0) is 19.3. The third-order valence-electron chi connectivity index (χ3n) is 5.26. The number of rotatable bonds is 8. The third-order valence-corrected chi connectivity index (χ3v) is 5.26. The number of benzene rings is 2. The van der Waals surface area contributed by atoms with Gasteiger partial charge in [0.1, 0.15) is 0 Å². The van der Waals surface area contributed by atoms with Gasteiger partial charge in [0.2, 0.25) is 0 Å². The molecule has 0 spiro atoms. The van der Waals surface area contributed by atoms with E-state index < -0.39 is 0 Å². The first-order chi connectivity index (χ1) is 12.4. The van der Waals surface area contributed by atoms with Gasteiger partial charge in [-0.3, -0.25) is 0 Å². The zero-order valence-corrected chi connectivity index (χ0v) is 17.0. The number of nitrogens with two attached hydrogens (primary N) is 2. The van der Waals surface area contributed by atoms with E-state index in [1.807, 2.05) is 0 Å². The summed E-state index contributed by atoms with van der Waals surface area (Å²) in [7, 11) is 0. The lowest BCUT2D eigenvalue weighted by atomic mass is 9.92. The summed E-state index contributed by atoms with van der Waals surface area (Å²) in [5.74, 6) is 0.